The number of ether oxygens (including phenoxy) is 1. The molecule has 0 spiro atoms. The van der Waals surface area contributed by atoms with E-state index in [2.05, 4.69) is 0 Å². The first-order valence-corrected chi connectivity index (χ1v) is 8.48. The molecule has 1 aliphatic carbocycles. The molecule has 2 rings (SSSR count). The molecular formula is C20H21F2NO2. The summed E-state index contributed by atoms with van der Waals surface area (Å²) in [5.74, 6) is -0.594. The first kappa shape index (κ1) is 18.9. The summed E-state index contributed by atoms with van der Waals surface area (Å²) >= 11 is 0. The molecular weight excluding hydrogens is 324 g/mol. The topological polar surface area (TPSA) is 50.1 Å². The summed E-state index contributed by atoms with van der Waals surface area (Å²) in [7, 11) is 0. The molecule has 0 aromatic heterocycles. The SMILES string of the molecule is N#CC(F)=CC=CCC[C@H]1CC[C@H](C(=O)Oc2ccc(F)cc2)CC1. The van der Waals surface area contributed by atoms with Crippen molar-refractivity contribution >= 4 is 5.97 Å². The number of rotatable bonds is 6. The van der Waals surface area contributed by atoms with Gasteiger partial charge in [-0.25, -0.2) is 4.39 Å². The average molecular weight is 345 g/mol. The molecule has 5 heteroatoms. The van der Waals surface area contributed by atoms with Crippen molar-refractivity contribution in [1.82, 2.24) is 0 Å². The minimum absolute atomic E-state index is 0.107. The van der Waals surface area contributed by atoms with E-state index in [0.717, 1.165) is 44.6 Å². The van der Waals surface area contributed by atoms with Crippen molar-refractivity contribution in [3.63, 3.8) is 0 Å². The Morgan fingerprint density at radius 1 is 1.24 bits per heavy atom. The van der Waals surface area contributed by atoms with E-state index >= 15 is 0 Å². The number of nitriles is 1. The quantitative estimate of drug-likeness (QED) is 0.306. The molecule has 0 amide bonds. The summed E-state index contributed by atoms with van der Waals surface area (Å²) in [5.41, 5.74) is 0. The monoisotopic (exact) mass is 345 g/mol. The number of nitrogens with zero attached hydrogens (tertiary/aromatic N) is 1. The molecule has 0 unspecified atom stereocenters. The zero-order valence-corrected chi connectivity index (χ0v) is 14.0. The Morgan fingerprint density at radius 2 is 1.92 bits per heavy atom. The molecule has 0 aliphatic heterocycles. The number of carbonyl (C=O) groups excluding carboxylic acids is 1. The molecule has 0 bridgehead atoms. The Labute approximate surface area is 146 Å². The number of carbonyl (C=O) groups is 1. The molecule has 0 heterocycles. The lowest BCUT2D eigenvalue weighted by Gasteiger charge is -2.26. The van der Waals surface area contributed by atoms with Gasteiger partial charge in [-0.15, -0.1) is 0 Å². The highest BCUT2D eigenvalue weighted by Gasteiger charge is 2.27. The highest BCUT2D eigenvalue weighted by atomic mass is 19.1. The fourth-order valence-corrected chi connectivity index (χ4v) is 3.01. The van der Waals surface area contributed by atoms with E-state index in [1.54, 1.807) is 6.08 Å². The molecule has 0 atom stereocenters. The highest BCUT2D eigenvalue weighted by molar-refractivity contribution is 5.75. The van der Waals surface area contributed by atoms with Crippen LogP contribution in [0.25, 0.3) is 0 Å². The molecule has 1 aliphatic rings. The molecule has 3 nitrogen and oxygen atoms in total. The number of esters is 1. The van der Waals surface area contributed by atoms with Crippen LogP contribution >= 0.6 is 0 Å². The Kier molecular flexibility index (Phi) is 7.34. The molecule has 0 radical (unpaired) electrons. The van der Waals surface area contributed by atoms with E-state index < -0.39 is 5.83 Å². The van der Waals surface area contributed by atoms with E-state index in [4.69, 9.17) is 10.00 Å². The van der Waals surface area contributed by atoms with Crippen LogP contribution in [0.5, 0.6) is 5.75 Å². The predicted molar refractivity (Wildman–Crippen MR) is 90.7 cm³/mol. The van der Waals surface area contributed by atoms with Crippen molar-refractivity contribution < 1.29 is 18.3 Å². The summed E-state index contributed by atoms with van der Waals surface area (Å²) in [4.78, 5) is 12.2. The smallest absolute Gasteiger partial charge is 0.314 e. The van der Waals surface area contributed by atoms with Crippen molar-refractivity contribution in [3.05, 3.63) is 54.1 Å². The fourth-order valence-electron chi connectivity index (χ4n) is 3.01. The third-order valence-electron chi connectivity index (χ3n) is 4.44. The zero-order chi connectivity index (χ0) is 18.1. The fraction of sp³-hybridized carbons (Fsp3) is 0.400. The van der Waals surface area contributed by atoms with E-state index in [-0.39, 0.29) is 17.7 Å². The van der Waals surface area contributed by atoms with Crippen molar-refractivity contribution in [1.29, 1.82) is 5.26 Å². The average Bonchev–Trinajstić information content (AvgIpc) is 2.63. The lowest BCUT2D eigenvalue weighted by molar-refractivity contribution is -0.140. The summed E-state index contributed by atoms with van der Waals surface area (Å²) in [6.45, 7) is 0. The Balaban J connectivity index is 1.69. The van der Waals surface area contributed by atoms with Gasteiger partial charge in [0.15, 0.2) is 5.83 Å². The van der Waals surface area contributed by atoms with Gasteiger partial charge < -0.3 is 4.74 Å². The van der Waals surface area contributed by atoms with Gasteiger partial charge in [-0.1, -0.05) is 12.2 Å². The first-order valence-electron chi connectivity index (χ1n) is 8.48. The van der Waals surface area contributed by atoms with E-state index in [1.165, 1.54) is 30.3 Å². The molecule has 132 valence electrons. The Bertz CT molecular complexity index is 666. The van der Waals surface area contributed by atoms with E-state index in [1.807, 2.05) is 6.08 Å². The van der Waals surface area contributed by atoms with Crippen LogP contribution in [-0.2, 0) is 4.79 Å². The summed E-state index contributed by atoms with van der Waals surface area (Å²) < 4.78 is 30.7. The van der Waals surface area contributed by atoms with Gasteiger partial charge in [0.05, 0.1) is 5.92 Å². The third-order valence-corrected chi connectivity index (χ3v) is 4.44. The van der Waals surface area contributed by atoms with Gasteiger partial charge in [0.1, 0.15) is 17.6 Å². The minimum atomic E-state index is -0.795. The van der Waals surface area contributed by atoms with Crippen molar-refractivity contribution in [2.24, 2.45) is 11.8 Å². The molecule has 1 fully saturated rings. The summed E-state index contributed by atoms with van der Waals surface area (Å²) in [6, 6.07) is 6.86. The molecule has 1 saturated carbocycles. The van der Waals surface area contributed by atoms with Gasteiger partial charge in [0, 0.05) is 0 Å². The molecule has 0 N–H and O–H groups in total. The maximum atomic E-state index is 12.8. The van der Waals surface area contributed by atoms with Crippen LogP contribution in [-0.4, -0.2) is 5.97 Å². The van der Waals surface area contributed by atoms with Gasteiger partial charge in [-0.3, -0.25) is 4.79 Å². The van der Waals surface area contributed by atoms with Gasteiger partial charge >= 0.3 is 5.97 Å². The van der Waals surface area contributed by atoms with Crippen molar-refractivity contribution in [3.8, 4) is 11.8 Å². The number of hydrogen-bond acceptors (Lipinski definition) is 3. The molecule has 25 heavy (non-hydrogen) atoms. The molecule has 0 saturated heterocycles. The summed E-state index contributed by atoms with van der Waals surface area (Å²) in [6.07, 6.45) is 9.87. The third kappa shape index (κ3) is 6.50. The van der Waals surface area contributed by atoms with Crippen LogP contribution in [0.15, 0.2) is 48.3 Å². The maximum absolute atomic E-state index is 12.8. The lowest BCUT2D eigenvalue weighted by Crippen LogP contribution is -2.25. The van der Waals surface area contributed by atoms with Crippen LogP contribution in [0.3, 0.4) is 0 Å². The lowest BCUT2D eigenvalue weighted by atomic mass is 9.80. The number of benzene rings is 1. The molecule has 1 aromatic rings. The van der Waals surface area contributed by atoms with Gasteiger partial charge in [-0.2, -0.15) is 9.65 Å². The standard InChI is InChI=1S/C20H21F2NO2/c21-17-10-12-19(13-11-17)25-20(24)16-8-6-15(7-9-16)4-2-1-3-5-18(22)14-23/h1,3,5,10-13,15-16H,2,4,6-9H2/t15-,16-. The van der Waals surface area contributed by atoms with Crippen LogP contribution in [0.2, 0.25) is 0 Å². The second kappa shape index (κ2) is 9.73. The Morgan fingerprint density at radius 3 is 2.56 bits per heavy atom. The van der Waals surface area contributed by atoms with Gasteiger partial charge in [0.25, 0.3) is 0 Å². The van der Waals surface area contributed by atoms with Gasteiger partial charge in [0.2, 0.25) is 0 Å². The normalized spacial score (nSPS) is 21.1. The van der Waals surface area contributed by atoms with Crippen LogP contribution in [0, 0.1) is 29.0 Å². The van der Waals surface area contributed by atoms with Crippen LogP contribution in [0.1, 0.15) is 38.5 Å². The zero-order valence-electron chi connectivity index (χ0n) is 14.0. The minimum Gasteiger partial charge on any atom is -0.426 e. The predicted octanol–water partition coefficient (Wildman–Crippen LogP) is 5.25. The van der Waals surface area contributed by atoms with Crippen molar-refractivity contribution in [2.75, 3.05) is 0 Å². The van der Waals surface area contributed by atoms with E-state index in [9.17, 15) is 13.6 Å². The largest absolute Gasteiger partial charge is 0.426 e. The second-order valence-corrected chi connectivity index (χ2v) is 6.22. The van der Waals surface area contributed by atoms with E-state index in [0.29, 0.717) is 11.7 Å². The Hall–Kier alpha value is -2.48. The first-order chi connectivity index (χ1) is 12.1. The number of hydrogen-bond donors (Lipinski definition) is 0. The highest BCUT2D eigenvalue weighted by Crippen LogP contribution is 2.32. The molecule has 1 aromatic carbocycles. The maximum Gasteiger partial charge on any atom is 0.314 e. The van der Waals surface area contributed by atoms with Crippen LogP contribution in [0.4, 0.5) is 8.78 Å². The van der Waals surface area contributed by atoms with Crippen LogP contribution < -0.4 is 4.74 Å². The second-order valence-electron chi connectivity index (χ2n) is 6.22. The summed E-state index contributed by atoms with van der Waals surface area (Å²) in [5, 5.41) is 8.29. The number of allylic oxidation sites excluding steroid dienone is 4. The number of halogens is 2. The van der Waals surface area contributed by atoms with Gasteiger partial charge in [-0.05, 0) is 74.8 Å². The van der Waals surface area contributed by atoms with Crippen molar-refractivity contribution in [2.45, 2.75) is 38.5 Å².